The van der Waals surface area contributed by atoms with Gasteiger partial charge in [-0.25, -0.2) is 9.18 Å². The second-order valence-corrected chi connectivity index (χ2v) is 4.93. The predicted octanol–water partition coefficient (Wildman–Crippen LogP) is 3.54. The van der Waals surface area contributed by atoms with Crippen LogP contribution in [0.4, 0.5) is 4.39 Å². The van der Waals surface area contributed by atoms with E-state index in [0.717, 1.165) is 11.1 Å². The van der Waals surface area contributed by atoms with E-state index in [-0.39, 0.29) is 18.1 Å². The third-order valence-electron chi connectivity index (χ3n) is 3.20. The highest BCUT2D eigenvalue weighted by molar-refractivity contribution is 5.89. The van der Waals surface area contributed by atoms with E-state index in [4.69, 9.17) is 9.26 Å². The molecule has 0 saturated heterocycles. The zero-order valence-corrected chi connectivity index (χ0v) is 12.3. The number of aromatic nitrogens is 2. The first-order valence-electron chi connectivity index (χ1n) is 6.95. The number of hydrogen-bond donors (Lipinski definition) is 0. The molecule has 0 bridgehead atoms. The summed E-state index contributed by atoms with van der Waals surface area (Å²) < 4.78 is 23.5. The minimum atomic E-state index is -0.779. The molecule has 3 rings (SSSR count). The van der Waals surface area contributed by atoms with Gasteiger partial charge in [-0.3, -0.25) is 0 Å². The van der Waals surface area contributed by atoms with E-state index >= 15 is 0 Å². The number of hydrogen-bond acceptors (Lipinski definition) is 5. The Morgan fingerprint density at radius 3 is 2.65 bits per heavy atom. The fraction of sp³-hybridized carbons (Fsp3) is 0.118. The van der Waals surface area contributed by atoms with Gasteiger partial charge in [-0.2, -0.15) is 4.98 Å². The largest absolute Gasteiger partial charge is 0.452 e. The molecular weight excluding hydrogens is 299 g/mol. The van der Waals surface area contributed by atoms with Gasteiger partial charge in [0.25, 0.3) is 5.89 Å². The number of esters is 1. The Labute approximate surface area is 131 Å². The van der Waals surface area contributed by atoms with Crippen LogP contribution < -0.4 is 0 Å². The average molecular weight is 312 g/mol. The van der Waals surface area contributed by atoms with Crippen molar-refractivity contribution in [2.24, 2.45) is 0 Å². The Morgan fingerprint density at radius 2 is 1.91 bits per heavy atom. The van der Waals surface area contributed by atoms with Crippen LogP contribution in [-0.4, -0.2) is 16.1 Å². The summed E-state index contributed by atoms with van der Waals surface area (Å²) in [5.74, 6) is -0.867. The zero-order chi connectivity index (χ0) is 16.2. The zero-order valence-electron chi connectivity index (χ0n) is 12.3. The van der Waals surface area contributed by atoms with E-state index in [1.165, 1.54) is 18.2 Å². The smallest absolute Gasteiger partial charge is 0.341 e. The lowest BCUT2D eigenvalue weighted by Crippen LogP contribution is -2.07. The monoisotopic (exact) mass is 312 g/mol. The Bertz CT molecular complexity index is 828. The van der Waals surface area contributed by atoms with Gasteiger partial charge in [-0.1, -0.05) is 47.1 Å². The summed E-state index contributed by atoms with van der Waals surface area (Å²) in [5.41, 5.74) is 1.79. The topological polar surface area (TPSA) is 65.2 Å². The number of carbonyl (C=O) groups is 1. The molecule has 0 amide bonds. The molecule has 0 saturated carbocycles. The van der Waals surface area contributed by atoms with Gasteiger partial charge in [0.2, 0.25) is 5.82 Å². The van der Waals surface area contributed by atoms with E-state index in [1.807, 2.05) is 31.2 Å². The quantitative estimate of drug-likeness (QED) is 0.689. The van der Waals surface area contributed by atoms with Crippen LogP contribution in [0.3, 0.4) is 0 Å². The van der Waals surface area contributed by atoms with Crippen molar-refractivity contribution < 1.29 is 18.4 Å². The van der Waals surface area contributed by atoms with Crippen LogP contribution in [0.1, 0.15) is 21.8 Å². The van der Waals surface area contributed by atoms with Gasteiger partial charge in [0.1, 0.15) is 5.82 Å². The van der Waals surface area contributed by atoms with Gasteiger partial charge in [0.05, 0.1) is 5.56 Å². The van der Waals surface area contributed by atoms with Crippen molar-refractivity contribution in [1.29, 1.82) is 0 Å². The Morgan fingerprint density at radius 1 is 1.17 bits per heavy atom. The number of benzene rings is 2. The molecule has 0 unspecified atom stereocenters. The molecule has 0 radical (unpaired) electrons. The Kier molecular flexibility index (Phi) is 4.14. The van der Waals surface area contributed by atoms with E-state index in [9.17, 15) is 9.18 Å². The summed E-state index contributed by atoms with van der Waals surface area (Å²) in [6, 6.07) is 13.2. The van der Waals surface area contributed by atoms with Crippen LogP contribution in [0.2, 0.25) is 0 Å². The molecule has 116 valence electrons. The molecular formula is C17H13FN2O3. The molecule has 6 heteroatoms. The van der Waals surface area contributed by atoms with E-state index in [2.05, 4.69) is 10.1 Å². The van der Waals surface area contributed by atoms with Gasteiger partial charge < -0.3 is 9.26 Å². The summed E-state index contributed by atoms with van der Waals surface area (Å²) in [7, 11) is 0. The summed E-state index contributed by atoms with van der Waals surface area (Å²) in [6.07, 6.45) is 0. The van der Waals surface area contributed by atoms with Gasteiger partial charge in [0, 0.05) is 5.56 Å². The van der Waals surface area contributed by atoms with Crippen LogP contribution in [0.15, 0.2) is 53.1 Å². The minimum absolute atomic E-state index is 0.134. The highest BCUT2D eigenvalue weighted by Gasteiger charge is 2.15. The van der Waals surface area contributed by atoms with Crippen molar-refractivity contribution >= 4 is 5.97 Å². The molecule has 5 nitrogen and oxygen atoms in total. The fourth-order valence-electron chi connectivity index (χ4n) is 1.97. The SMILES string of the molecule is Cc1ccc(-c2noc(COC(=O)c3ccccc3F)n2)cc1. The van der Waals surface area contributed by atoms with Crippen LogP contribution in [-0.2, 0) is 11.3 Å². The average Bonchev–Trinajstić information content (AvgIpc) is 3.03. The van der Waals surface area contributed by atoms with E-state index < -0.39 is 11.8 Å². The summed E-state index contributed by atoms with van der Waals surface area (Å²) in [6.45, 7) is 1.76. The molecule has 1 aromatic heterocycles. The van der Waals surface area contributed by atoms with Crippen molar-refractivity contribution in [2.45, 2.75) is 13.5 Å². The molecule has 0 N–H and O–H groups in total. The van der Waals surface area contributed by atoms with Crippen LogP contribution in [0, 0.1) is 12.7 Å². The van der Waals surface area contributed by atoms with Gasteiger partial charge in [-0.15, -0.1) is 0 Å². The lowest BCUT2D eigenvalue weighted by atomic mass is 10.1. The van der Waals surface area contributed by atoms with Crippen molar-refractivity contribution in [3.8, 4) is 11.4 Å². The lowest BCUT2D eigenvalue weighted by Gasteiger charge is -2.02. The molecule has 3 aromatic rings. The third-order valence-corrected chi connectivity index (χ3v) is 3.20. The minimum Gasteiger partial charge on any atom is -0.452 e. The van der Waals surface area contributed by atoms with E-state index in [1.54, 1.807) is 6.07 Å². The van der Waals surface area contributed by atoms with Crippen LogP contribution in [0.5, 0.6) is 0 Å². The lowest BCUT2D eigenvalue weighted by molar-refractivity contribution is 0.0424. The molecule has 0 fully saturated rings. The van der Waals surface area contributed by atoms with Crippen molar-refractivity contribution in [2.75, 3.05) is 0 Å². The summed E-state index contributed by atoms with van der Waals surface area (Å²) >= 11 is 0. The highest BCUT2D eigenvalue weighted by atomic mass is 19.1. The second-order valence-electron chi connectivity index (χ2n) is 4.93. The maximum Gasteiger partial charge on any atom is 0.341 e. The second kappa shape index (κ2) is 6.39. The molecule has 2 aromatic carbocycles. The number of nitrogens with zero attached hydrogens (tertiary/aromatic N) is 2. The highest BCUT2D eigenvalue weighted by Crippen LogP contribution is 2.17. The number of aryl methyl sites for hydroxylation is 1. The molecule has 0 aliphatic heterocycles. The van der Waals surface area contributed by atoms with Crippen LogP contribution >= 0.6 is 0 Å². The molecule has 0 atom stereocenters. The first-order chi connectivity index (χ1) is 11.1. The first-order valence-corrected chi connectivity index (χ1v) is 6.95. The summed E-state index contributed by atoms with van der Waals surface area (Å²) in [4.78, 5) is 16.0. The van der Waals surface area contributed by atoms with Crippen molar-refractivity contribution in [1.82, 2.24) is 10.1 Å². The van der Waals surface area contributed by atoms with E-state index in [0.29, 0.717) is 5.82 Å². The Hall–Kier alpha value is -3.02. The standard InChI is InChI=1S/C17H13FN2O3/c1-11-6-8-12(9-7-11)16-19-15(23-20-16)10-22-17(21)13-4-2-3-5-14(13)18/h2-9H,10H2,1H3. The molecule has 0 aliphatic rings. The molecule has 1 heterocycles. The van der Waals surface area contributed by atoms with Gasteiger partial charge in [-0.05, 0) is 19.1 Å². The maximum atomic E-state index is 13.5. The molecule has 0 aliphatic carbocycles. The predicted molar refractivity (Wildman–Crippen MR) is 80.0 cm³/mol. The molecule has 0 spiro atoms. The van der Waals surface area contributed by atoms with Crippen molar-refractivity contribution in [3.63, 3.8) is 0 Å². The maximum absolute atomic E-state index is 13.5. The molecule has 23 heavy (non-hydrogen) atoms. The van der Waals surface area contributed by atoms with Crippen molar-refractivity contribution in [3.05, 3.63) is 71.4 Å². The fourth-order valence-corrected chi connectivity index (χ4v) is 1.97. The normalized spacial score (nSPS) is 10.5. The first kappa shape index (κ1) is 14.9. The number of rotatable bonds is 4. The number of ether oxygens (including phenoxy) is 1. The number of halogens is 1. The Balaban J connectivity index is 1.67. The third kappa shape index (κ3) is 3.42. The van der Waals surface area contributed by atoms with Gasteiger partial charge >= 0.3 is 5.97 Å². The van der Waals surface area contributed by atoms with Gasteiger partial charge in [0.15, 0.2) is 6.61 Å². The van der Waals surface area contributed by atoms with Crippen LogP contribution in [0.25, 0.3) is 11.4 Å². The summed E-state index contributed by atoms with van der Waals surface area (Å²) in [5, 5.41) is 3.83. The number of carbonyl (C=O) groups excluding carboxylic acids is 1.